The van der Waals surface area contributed by atoms with E-state index in [2.05, 4.69) is 10.2 Å². The summed E-state index contributed by atoms with van der Waals surface area (Å²) in [5.74, 6) is 0. The normalized spacial score (nSPS) is 39.0. The zero-order valence-electron chi connectivity index (χ0n) is 7.05. The second-order valence-corrected chi connectivity index (χ2v) is 3.45. The third-order valence-corrected chi connectivity index (χ3v) is 2.78. The van der Waals surface area contributed by atoms with Crippen molar-refractivity contribution >= 4 is 0 Å². The van der Waals surface area contributed by atoms with Gasteiger partial charge >= 0.3 is 0 Å². The number of nitrogens with zero attached hydrogens (tertiary/aromatic N) is 1. The molecule has 0 spiro atoms. The fraction of sp³-hybridized carbons (Fsp3) is 1.00. The molecule has 0 amide bonds. The molecule has 1 N–H and O–H groups in total. The Morgan fingerprint density at radius 2 is 2.45 bits per heavy atom. The lowest BCUT2D eigenvalue weighted by molar-refractivity contribution is 0.108. The Balaban J connectivity index is 1.92. The van der Waals surface area contributed by atoms with E-state index in [0.29, 0.717) is 6.10 Å². The minimum atomic E-state index is 0.486. The summed E-state index contributed by atoms with van der Waals surface area (Å²) in [6, 6.07) is 0.744. The van der Waals surface area contributed by atoms with Gasteiger partial charge in [-0.05, 0) is 6.42 Å². The molecule has 3 nitrogen and oxygen atoms in total. The zero-order chi connectivity index (χ0) is 7.68. The quantitative estimate of drug-likeness (QED) is 0.563. The molecule has 0 aromatic rings. The molecule has 2 heterocycles. The standard InChI is InChI=1S/C8H16N2O/c1-11-8-4-7-5-9-2-3-10(7)6-8/h7-9H,2-6H2,1H3. The van der Waals surface area contributed by atoms with Crippen molar-refractivity contribution in [1.82, 2.24) is 10.2 Å². The van der Waals surface area contributed by atoms with Gasteiger partial charge in [-0.2, -0.15) is 0 Å². The molecule has 2 unspecified atom stereocenters. The van der Waals surface area contributed by atoms with Crippen LogP contribution in [0.25, 0.3) is 0 Å². The van der Waals surface area contributed by atoms with Gasteiger partial charge in [-0.25, -0.2) is 0 Å². The largest absolute Gasteiger partial charge is 0.380 e. The lowest BCUT2D eigenvalue weighted by Gasteiger charge is -2.29. The summed E-state index contributed by atoms with van der Waals surface area (Å²) in [4.78, 5) is 2.53. The Hall–Kier alpha value is -0.120. The zero-order valence-corrected chi connectivity index (χ0v) is 7.05. The molecule has 2 fully saturated rings. The molecule has 0 aromatic heterocycles. The number of piperazine rings is 1. The second kappa shape index (κ2) is 3.09. The number of nitrogens with one attached hydrogen (secondary N) is 1. The van der Waals surface area contributed by atoms with Crippen LogP contribution in [0.15, 0.2) is 0 Å². The summed E-state index contributed by atoms with van der Waals surface area (Å²) in [7, 11) is 1.82. The first kappa shape index (κ1) is 7.53. The molecule has 11 heavy (non-hydrogen) atoms. The van der Waals surface area contributed by atoms with Crippen molar-refractivity contribution < 1.29 is 4.74 Å². The van der Waals surface area contributed by atoms with Crippen molar-refractivity contribution in [3.05, 3.63) is 0 Å². The van der Waals surface area contributed by atoms with Crippen molar-refractivity contribution in [3.63, 3.8) is 0 Å². The Kier molecular flexibility index (Phi) is 2.11. The van der Waals surface area contributed by atoms with Gasteiger partial charge in [0.15, 0.2) is 0 Å². The highest BCUT2D eigenvalue weighted by Gasteiger charge is 2.33. The van der Waals surface area contributed by atoms with Gasteiger partial charge in [0, 0.05) is 39.3 Å². The van der Waals surface area contributed by atoms with E-state index >= 15 is 0 Å². The molecule has 0 saturated carbocycles. The minimum absolute atomic E-state index is 0.486. The van der Waals surface area contributed by atoms with Crippen LogP contribution in [-0.2, 0) is 4.74 Å². The van der Waals surface area contributed by atoms with Gasteiger partial charge in [-0.15, -0.1) is 0 Å². The van der Waals surface area contributed by atoms with Gasteiger partial charge in [0.1, 0.15) is 0 Å². The minimum Gasteiger partial charge on any atom is -0.380 e. The molecular weight excluding hydrogens is 140 g/mol. The van der Waals surface area contributed by atoms with E-state index in [1.807, 2.05) is 7.11 Å². The van der Waals surface area contributed by atoms with Crippen LogP contribution >= 0.6 is 0 Å². The van der Waals surface area contributed by atoms with Crippen molar-refractivity contribution in [3.8, 4) is 0 Å². The average Bonchev–Trinajstić information content (AvgIpc) is 2.46. The number of methoxy groups -OCH3 is 1. The Morgan fingerprint density at radius 1 is 1.55 bits per heavy atom. The molecule has 3 heteroatoms. The second-order valence-electron chi connectivity index (χ2n) is 3.45. The molecule has 2 aliphatic rings. The van der Waals surface area contributed by atoms with Crippen molar-refractivity contribution in [2.24, 2.45) is 0 Å². The summed E-state index contributed by atoms with van der Waals surface area (Å²) >= 11 is 0. The summed E-state index contributed by atoms with van der Waals surface area (Å²) in [5, 5.41) is 3.40. The Labute approximate surface area is 67.7 Å². The van der Waals surface area contributed by atoms with Gasteiger partial charge in [0.05, 0.1) is 6.10 Å². The smallest absolute Gasteiger partial charge is 0.0713 e. The van der Waals surface area contributed by atoms with Gasteiger partial charge in [0.25, 0.3) is 0 Å². The van der Waals surface area contributed by atoms with Crippen LogP contribution in [0.4, 0.5) is 0 Å². The first-order valence-corrected chi connectivity index (χ1v) is 4.37. The molecule has 0 radical (unpaired) electrons. The third-order valence-electron chi connectivity index (χ3n) is 2.78. The van der Waals surface area contributed by atoms with Crippen LogP contribution in [0.3, 0.4) is 0 Å². The summed E-state index contributed by atoms with van der Waals surface area (Å²) in [6.07, 6.45) is 1.70. The van der Waals surface area contributed by atoms with Crippen molar-refractivity contribution in [2.75, 3.05) is 33.3 Å². The van der Waals surface area contributed by atoms with Crippen molar-refractivity contribution in [2.45, 2.75) is 18.6 Å². The molecular formula is C8H16N2O. The highest BCUT2D eigenvalue weighted by Crippen LogP contribution is 2.20. The highest BCUT2D eigenvalue weighted by molar-refractivity contribution is 4.90. The SMILES string of the molecule is COC1CC2CNCCN2C1. The molecule has 2 aliphatic heterocycles. The predicted molar refractivity (Wildman–Crippen MR) is 43.6 cm³/mol. The fourth-order valence-electron chi connectivity index (χ4n) is 2.09. The fourth-order valence-corrected chi connectivity index (χ4v) is 2.09. The van der Waals surface area contributed by atoms with Crippen LogP contribution in [0.2, 0.25) is 0 Å². The van der Waals surface area contributed by atoms with Gasteiger partial charge in [0.2, 0.25) is 0 Å². The van der Waals surface area contributed by atoms with E-state index in [9.17, 15) is 0 Å². The van der Waals surface area contributed by atoms with Crippen LogP contribution in [-0.4, -0.2) is 50.3 Å². The van der Waals surface area contributed by atoms with E-state index in [1.165, 1.54) is 13.0 Å². The number of ether oxygens (including phenoxy) is 1. The molecule has 2 atom stereocenters. The van der Waals surface area contributed by atoms with E-state index in [-0.39, 0.29) is 0 Å². The highest BCUT2D eigenvalue weighted by atomic mass is 16.5. The lowest BCUT2D eigenvalue weighted by atomic mass is 10.2. The van der Waals surface area contributed by atoms with Crippen LogP contribution < -0.4 is 5.32 Å². The topological polar surface area (TPSA) is 24.5 Å². The Morgan fingerprint density at radius 3 is 3.18 bits per heavy atom. The molecule has 64 valence electrons. The maximum Gasteiger partial charge on any atom is 0.0713 e. The lowest BCUT2D eigenvalue weighted by Crippen LogP contribution is -2.47. The van der Waals surface area contributed by atoms with Gasteiger partial charge in [-0.1, -0.05) is 0 Å². The molecule has 2 rings (SSSR count). The van der Waals surface area contributed by atoms with Crippen LogP contribution in [0, 0.1) is 0 Å². The van der Waals surface area contributed by atoms with E-state index < -0.39 is 0 Å². The number of hydrogen-bond acceptors (Lipinski definition) is 3. The van der Waals surface area contributed by atoms with E-state index in [0.717, 1.165) is 25.7 Å². The molecule has 2 saturated heterocycles. The predicted octanol–water partition coefficient (Wildman–Crippen LogP) is -0.321. The van der Waals surface area contributed by atoms with Gasteiger partial charge in [-0.3, -0.25) is 4.90 Å². The van der Waals surface area contributed by atoms with Crippen LogP contribution in [0.1, 0.15) is 6.42 Å². The number of fused-ring (bicyclic) bond motifs is 1. The van der Waals surface area contributed by atoms with E-state index in [1.54, 1.807) is 0 Å². The molecule has 0 aliphatic carbocycles. The number of rotatable bonds is 1. The maximum atomic E-state index is 5.33. The number of hydrogen-bond donors (Lipinski definition) is 1. The molecule has 0 bridgehead atoms. The van der Waals surface area contributed by atoms with Crippen LogP contribution in [0.5, 0.6) is 0 Å². The average molecular weight is 156 g/mol. The van der Waals surface area contributed by atoms with Crippen molar-refractivity contribution in [1.29, 1.82) is 0 Å². The third kappa shape index (κ3) is 1.41. The van der Waals surface area contributed by atoms with Gasteiger partial charge < -0.3 is 10.1 Å². The summed E-state index contributed by atoms with van der Waals surface area (Å²) in [6.45, 7) is 4.64. The maximum absolute atomic E-state index is 5.33. The Bertz CT molecular complexity index is 126. The molecule has 0 aromatic carbocycles. The monoisotopic (exact) mass is 156 g/mol. The summed E-state index contributed by atoms with van der Waals surface area (Å²) < 4.78 is 5.33. The summed E-state index contributed by atoms with van der Waals surface area (Å²) in [5.41, 5.74) is 0. The first-order chi connectivity index (χ1) is 5.40. The van der Waals surface area contributed by atoms with E-state index in [4.69, 9.17) is 4.74 Å². The first-order valence-electron chi connectivity index (χ1n) is 4.37.